The number of likely N-dealkylation sites (tertiary alicyclic amines) is 1. The number of benzene rings is 1. The Morgan fingerprint density at radius 1 is 1.39 bits per heavy atom. The van der Waals surface area contributed by atoms with Crippen LogP contribution < -0.4 is 5.73 Å². The second kappa shape index (κ2) is 4.17. The van der Waals surface area contributed by atoms with Crippen LogP contribution in [0.3, 0.4) is 0 Å². The number of fused-ring (bicyclic) bond motifs is 1. The Kier molecular flexibility index (Phi) is 2.63. The third-order valence-corrected chi connectivity index (χ3v) is 3.48. The Hall–Kier alpha value is -1.75. The van der Waals surface area contributed by atoms with Crippen molar-refractivity contribution in [2.24, 2.45) is 0 Å². The zero-order valence-electron chi connectivity index (χ0n) is 10.2. The predicted octanol–water partition coefficient (Wildman–Crippen LogP) is 1.77. The Labute approximate surface area is 105 Å². The molecule has 1 aliphatic rings. The lowest BCUT2D eigenvalue weighted by atomic mass is 10.00. The van der Waals surface area contributed by atoms with Crippen molar-refractivity contribution < 1.29 is 4.39 Å². The fraction of sp³-hybridized carbons (Fsp3) is 0.385. The van der Waals surface area contributed by atoms with Gasteiger partial charge in [-0.3, -0.25) is 0 Å². The van der Waals surface area contributed by atoms with Crippen LogP contribution in [0.25, 0.3) is 10.9 Å². The molecule has 0 amide bonds. The summed E-state index contributed by atoms with van der Waals surface area (Å²) in [6.07, 6.45) is 1.03. The number of hydrogen-bond acceptors (Lipinski definition) is 4. The van der Waals surface area contributed by atoms with E-state index in [2.05, 4.69) is 21.9 Å². The van der Waals surface area contributed by atoms with Gasteiger partial charge in [0.05, 0.1) is 11.2 Å². The lowest BCUT2D eigenvalue weighted by Gasteiger charge is -2.13. The van der Waals surface area contributed by atoms with E-state index >= 15 is 0 Å². The molecular weight excluding hydrogens is 231 g/mol. The topological polar surface area (TPSA) is 55.0 Å². The van der Waals surface area contributed by atoms with E-state index in [0.29, 0.717) is 11.4 Å². The van der Waals surface area contributed by atoms with Crippen molar-refractivity contribution in [2.75, 3.05) is 25.9 Å². The van der Waals surface area contributed by atoms with E-state index in [1.807, 2.05) is 0 Å². The maximum absolute atomic E-state index is 13.4. The molecule has 1 saturated heterocycles. The van der Waals surface area contributed by atoms with Crippen molar-refractivity contribution in [3.8, 4) is 0 Å². The largest absolute Gasteiger partial charge is 0.368 e. The van der Waals surface area contributed by atoms with Crippen LogP contribution in [0.2, 0.25) is 0 Å². The average molecular weight is 246 g/mol. The molecular formula is C13H15FN4. The number of nitrogens with zero attached hydrogens (tertiary/aromatic N) is 3. The standard InChI is InChI=1S/C13H15FN4/c1-18-5-4-8(7-18)12-10-6-9(14)2-3-11(10)16-13(15)17-12/h2-3,6,8H,4-5,7H2,1H3,(H2,15,16,17). The maximum Gasteiger partial charge on any atom is 0.220 e. The number of aromatic nitrogens is 2. The van der Waals surface area contributed by atoms with Crippen LogP contribution in [0.1, 0.15) is 18.0 Å². The molecule has 4 nitrogen and oxygen atoms in total. The number of halogens is 1. The first kappa shape index (κ1) is 11.3. The SMILES string of the molecule is CN1CCC(c2nc(N)nc3ccc(F)cc23)C1. The first-order valence-corrected chi connectivity index (χ1v) is 6.04. The summed E-state index contributed by atoms with van der Waals surface area (Å²) in [7, 11) is 2.08. The second-order valence-corrected chi connectivity index (χ2v) is 4.88. The summed E-state index contributed by atoms with van der Waals surface area (Å²) in [4.78, 5) is 10.7. The third-order valence-electron chi connectivity index (χ3n) is 3.48. The molecule has 2 N–H and O–H groups in total. The summed E-state index contributed by atoms with van der Waals surface area (Å²) in [6.45, 7) is 1.97. The van der Waals surface area contributed by atoms with Crippen molar-refractivity contribution in [1.29, 1.82) is 0 Å². The molecule has 1 aromatic carbocycles. The molecule has 1 aliphatic heterocycles. The molecule has 18 heavy (non-hydrogen) atoms. The van der Waals surface area contributed by atoms with Gasteiger partial charge < -0.3 is 10.6 Å². The molecule has 0 aliphatic carbocycles. The van der Waals surface area contributed by atoms with Crippen LogP contribution in [0.4, 0.5) is 10.3 Å². The number of hydrogen-bond donors (Lipinski definition) is 1. The lowest BCUT2D eigenvalue weighted by molar-refractivity contribution is 0.411. The van der Waals surface area contributed by atoms with Crippen molar-refractivity contribution in [3.63, 3.8) is 0 Å². The second-order valence-electron chi connectivity index (χ2n) is 4.88. The Bertz CT molecular complexity index is 599. The van der Waals surface area contributed by atoms with Gasteiger partial charge in [0.25, 0.3) is 0 Å². The van der Waals surface area contributed by atoms with Gasteiger partial charge in [-0.15, -0.1) is 0 Å². The Morgan fingerprint density at radius 2 is 2.22 bits per heavy atom. The van der Waals surface area contributed by atoms with Crippen LogP contribution in [0.5, 0.6) is 0 Å². The molecule has 2 aromatic rings. The lowest BCUT2D eigenvalue weighted by Crippen LogP contribution is -2.14. The normalized spacial score (nSPS) is 20.7. The minimum Gasteiger partial charge on any atom is -0.368 e. The molecule has 1 aromatic heterocycles. The van der Waals surface area contributed by atoms with Gasteiger partial charge in [-0.1, -0.05) is 0 Å². The summed E-state index contributed by atoms with van der Waals surface area (Å²) in [5, 5.41) is 0.782. The summed E-state index contributed by atoms with van der Waals surface area (Å²) in [6, 6.07) is 4.56. The van der Waals surface area contributed by atoms with Gasteiger partial charge in [-0.25, -0.2) is 14.4 Å². The molecule has 3 rings (SSSR count). The van der Waals surface area contributed by atoms with Gasteiger partial charge in [0, 0.05) is 17.8 Å². The molecule has 94 valence electrons. The van der Waals surface area contributed by atoms with Crippen LogP contribution in [-0.4, -0.2) is 35.0 Å². The number of rotatable bonds is 1. The van der Waals surface area contributed by atoms with Gasteiger partial charge in [0.2, 0.25) is 5.95 Å². The maximum atomic E-state index is 13.4. The molecule has 0 spiro atoms. The molecule has 0 radical (unpaired) electrons. The van der Waals surface area contributed by atoms with E-state index in [-0.39, 0.29) is 11.8 Å². The quantitative estimate of drug-likeness (QED) is 0.833. The Balaban J connectivity index is 2.17. The molecule has 0 bridgehead atoms. The van der Waals surface area contributed by atoms with Gasteiger partial charge in [0.1, 0.15) is 5.82 Å². The summed E-state index contributed by atoms with van der Waals surface area (Å²) in [5.74, 6) is 0.312. The predicted molar refractivity (Wildman–Crippen MR) is 68.8 cm³/mol. The van der Waals surface area contributed by atoms with Gasteiger partial charge in [-0.2, -0.15) is 0 Å². The molecule has 1 unspecified atom stereocenters. The van der Waals surface area contributed by atoms with Crippen LogP contribution in [-0.2, 0) is 0 Å². The number of anilines is 1. The van der Waals surface area contributed by atoms with E-state index in [1.54, 1.807) is 6.07 Å². The molecule has 1 atom stereocenters. The minimum absolute atomic E-state index is 0.261. The van der Waals surface area contributed by atoms with Crippen molar-refractivity contribution in [1.82, 2.24) is 14.9 Å². The fourth-order valence-corrected chi connectivity index (χ4v) is 2.61. The van der Waals surface area contributed by atoms with E-state index in [9.17, 15) is 4.39 Å². The van der Waals surface area contributed by atoms with Crippen molar-refractivity contribution in [2.45, 2.75) is 12.3 Å². The highest BCUT2D eigenvalue weighted by Gasteiger charge is 2.24. The van der Waals surface area contributed by atoms with Crippen LogP contribution in [0.15, 0.2) is 18.2 Å². The van der Waals surface area contributed by atoms with Gasteiger partial charge >= 0.3 is 0 Å². The van der Waals surface area contributed by atoms with E-state index in [1.165, 1.54) is 12.1 Å². The molecule has 5 heteroatoms. The zero-order valence-corrected chi connectivity index (χ0v) is 10.2. The number of nitrogens with two attached hydrogens (primary N) is 1. The van der Waals surface area contributed by atoms with Crippen LogP contribution >= 0.6 is 0 Å². The number of likely N-dealkylation sites (N-methyl/N-ethyl adjacent to an activating group) is 1. The molecule has 1 fully saturated rings. The zero-order chi connectivity index (χ0) is 12.7. The molecule has 2 heterocycles. The Morgan fingerprint density at radius 3 is 2.94 bits per heavy atom. The average Bonchev–Trinajstić information content (AvgIpc) is 2.75. The number of nitrogen functional groups attached to an aromatic ring is 1. The summed E-state index contributed by atoms with van der Waals surface area (Å²) in [5.41, 5.74) is 7.33. The van der Waals surface area contributed by atoms with E-state index < -0.39 is 0 Å². The highest BCUT2D eigenvalue weighted by Crippen LogP contribution is 2.30. The first-order chi connectivity index (χ1) is 8.63. The van der Waals surface area contributed by atoms with E-state index in [4.69, 9.17) is 5.73 Å². The highest BCUT2D eigenvalue weighted by atomic mass is 19.1. The van der Waals surface area contributed by atoms with Gasteiger partial charge in [0.15, 0.2) is 0 Å². The van der Waals surface area contributed by atoms with Crippen molar-refractivity contribution >= 4 is 16.9 Å². The molecule has 0 saturated carbocycles. The van der Waals surface area contributed by atoms with Crippen molar-refractivity contribution in [3.05, 3.63) is 29.7 Å². The summed E-state index contributed by atoms with van der Waals surface area (Å²) >= 11 is 0. The minimum atomic E-state index is -0.261. The summed E-state index contributed by atoms with van der Waals surface area (Å²) < 4.78 is 13.4. The van der Waals surface area contributed by atoms with Gasteiger partial charge in [-0.05, 0) is 38.2 Å². The smallest absolute Gasteiger partial charge is 0.220 e. The highest BCUT2D eigenvalue weighted by molar-refractivity contribution is 5.82. The first-order valence-electron chi connectivity index (χ1n) is 6.04. The van der Waals surface area contributed by atoms with Crippen LogP contribution in [0, 0.1) is 5.82 Å². The van der Waals surface area contributed by atoms with E-state index in [0.717, 1.165) is 30.6 Å². The monoisotopic (exact) mass is 246 g/mol. The third kappa shape index (κ3) is 1.90. The fourth-order valence-electron chi connectivity index (χ4n) is 2.61.